The van der Waals surface area contributed by atoms with Crippen molar-refractivity contribution in [1.29, 1.82) is 0 Å². The first-order valence-corrected chi connectivity index (χ1v) is 14.9. The zero-order chi connectivity index (χ0) is 24.3. The fraction of sp³-hybridized carbons (Fsp3) is 0.318. The van der Waals surface area contributed by atoms with Gasteiger partial charge in [-0.1, -0.05) is 54.0 Å². The lowest BCUT2D eigenvalue weighted by Crippen LogP contribution is -2.47. The van der Waals surface area contributed by atoms with E-state index in [-0.39, 0.29) is 39.5 Å². The number of carbonyl (C=O) groups is 1. The van der Waals surface area contributed by atoms with Gasteiger partial charge in [0.2, 0.25) is 10.0 Å². The number of fused-ring (bicyclic) bond motifs is 1. The SMILES string of the molecule is CCCOP(=O)(OCCC)C1(NS(=O)(=O)c2ccc(Br)cc2)C=C(Br)C(=O)c2ccccc21. The molecule has 0 spiro atoms. The van der Waals surface area contributed by atoms with Crippen LogP contribution < -0.4 is 4.72 Å². The number of carbonyl (C=O) groups excluding carboxylic acids is 1. The molecular formula is C22H24Br2NO6PS. The van der Waals surface area contributed by atoms with Crippen LogP contribution in [-0.4, -0.2) is 27.4 Å². The Morgan fingerprint density at radius 2 is 1.55 bits per heavy atom. The van der Waals surface area contributed by atoms with Crippen molar-refractivity contribution in [1.82, 2.24) is 4.72 Å². The lowest BCUT2D eigenvalue weighted by atomic mass is 9.92. The van der Waals surface area contributed by atoms with E-state index < -0.39 is 22.9 Å². The standard InChI is InChI=1S/C22H24Br2NO6PS/c1-3-13-30-32(27,31-14-4-2)22(25-33(28,29)17-11-9-16(23)10-12-17)15-20(24)21(26)18-7-5-6-8-19(18)22/h5-12,15,25H,3-4,13-14H2,1-2H3. The molecule has 3 rings (SSSR count). The molecule has 2 aromatic rings. The molecule has 0 heterocycles. The summed E-state index contributed by atoms with van der Waals surface area (Å²) >= 11 is 6.53. The van der Waals surface area contributed by atoms with Crippen molar-refractivity contribution in [3.63, 3.8) is 0 Å². The number of hydrogen-bond donors (Lipinski definition) is 1. The molecule has 1 aliphatic carbocycles. The van der Waals surface area contributed by atoms with Crippen LogP contribution in [0.3, 0.4) is 0 Å². The minimum absolute atomic E-state index is 0.0403. The van der Waals surface area contributed by atoms with Gasteiger partial charge in [0.1, 0.15) is 0 Å². The van der Waals surface area contributed by atoms with Crippen LogP contribution >= 0.6 is 39.5 Å². The van der Waals surface area contributed by atoms with Crippen LogP contribution in [0.1, 0.15) is 42.6 Å². The third kappa shape index (κ3) is 5.27. The smallest absolute Gasteiger partial charge is 0.307 e. The third-order valence-corrected chi connectivity index (χ3v) is 10.1. The van der Waals surface area contributed by atoms with Crippen molar-refractivity contribution in [3.8, 4) is 0 Å². The van der Waals surface area contributed by atoms with E-state index >= 15 is 0 Å². The Hall–Kier alpha value is -1.13. The second-order valence-electron chi connectivity index (χ2n) is 7.36. The van der Waals surface area contributed by atoms with E-state index in [9.17, 15) is 17.8 Å². The van der Waals surface area contributed by atoms with Crippen molar-refractivity contribution in [2.75, 3.05) is 13.2 Å². The Balaban J connectivity index is 2.30. The lowest BCUT2D eigenvalue weighted by Gasteiger charge is -2.40. The maximum Gasteiger partial charge on any atom is 0.360 e. The summed E-state index contributed by atoms with van der Waals surface area (Å²) in [5, 5.41) is -1.97. The summed E-state index contributed by atoms with van der Waals surface area (Å²) in [6.45, 7) is 3.83. The second kappa shape index (κ2) is 10.6. The molecule has 0 saturated heterocycles. The summed E-state index contributed by atoms with van der Waals surface area (Å²) in [7, 11) is -8.47. The predicted octanol–water partition coefficient (Wildman–Crippen LogP) is 6.10. The van der Waals surface area contributed by atoms with Crippen molar-refractivity contribution in [2.24, 2.45) is 0 Å². The van der Waals surface area contributed by atoms with E-state index in [1.54, 1.807) is 36.4 Å². The van der Waals surface area contributed by atoms with E-state index in [1.165, 1.54) is 18.2 Å². The number of nitrogens with one attached hydrogen (secondary N) is 1. The van der Waals surface area contributed by atoms with E-state index in [4.69, 9.17) is 9.05 Å². The summed E-state index contributed by atoms with van der Waals surface area (Å²) in [6, 6.07) is 12.4. The van der Waals surface area contributed by atoms with Gasteiger partial charge in [0, 0.05) is 15.6 Å². The highest BCUT2D eigenvalue weighted by Gasteiger charge is 2.57. The summed E-state index contributed by atoms with van der Waals surface area (Å²) in [5.41, 5.74) is 0.403. The van der Waals surface area contributed by atoms with Gasteiger partial charge in [0.15, 0.2) is 11.1 Å². The zero-order valence-corrected chi connectivity index (χ0v) is 23.0. The summed E-state index contributed by atoms with van der Waals surface area (Å²) < 4.78 is 56.4. The monoisotopic (exact) mass is 619 g/mol. The highest BCUT2D eigenvalue weighted by molar-refractivity contribution is 9.12. The van der Waals surface area contributed by atoms with Crippen LogP contribution in [0.5, 0.6) is 0 Å². The molecule has 11 heteroatoms. The van der Waals surface area contributed by atoms with E-state index in [0.717, 1.165) is 0 Å². The predicted molar refractivity (Wildman–Crippen MR) is 134 cm³/mol. The maximum absolute atomic E-state index is 14.4. The Morgan fingerprint density at radius 3 is 2.12 bits per heavy atom. The first kappa shape index (κ1) is 26.5. The average molecular weight is 621 g/mol. The normalized spacial score (nSPS) is 18.7. The highest BCUT2D eigenvalue weighted by Crippen LogP contribution is 2.66. The molecule has 1 atom stereocenters. The molecule has 1 aliphatic rings. The fourth-order valence-corrected chi connectivity index (χ4v) is 8.48. The third-order valence-electron chi connectivity index (χ3n) is 4.91. The minimum Gasteiger partial charge on any atom is -0.307 e. The largest absolute Gasteiger partial charge is 0.360 e. The number of sulfonamides is 1. The van der Waals surface area contributed by atoms with Gasteiger partial charge in [0.05, 0.1) is 22.6 Å². The molecule has 0 aliphatic heterocycles. The number of allylic oxidation sites excluding steroid dienone is 1. The molecule has 1 unspecified atom stereocenters. The molecular weight excluding hydrogens is 597 g/mol. The zero-order valence-electron chi connectivity index (χ0n) is 18.1. The molecule has 1 N–H and O–H groups in total. The summed E-state index contributed by atoms with van der Waals surface area (Å²) in [6.07, 6.45) is 2.35. The quantitative estimate of drug-likeness (QED) is 0.322. The summed E-state index contributed by atoms with van der Waals surface area (Å²) in [4.78, 5) is 12.8. The topological polar surface area (TPSA) is 98.8 Å². The highest BCUT2D eigenvalue weighted by atomic mass is 79.9. The Morgan fingerprint density at radius 1 is 0.970 bits per heavy atom. The van der Waals surface area contributed by atoms with Gasteiger partial charge in [-0.05, 0) is 59.1 Å². The number of rotatable bonds is 10. The van der Waals surface area contributed by atoms with Crippen LogP contribution in [0.2, 0.25) is 0 Å². The van der Waals surface area contributed by atoms with Gasteiger partial charge in [-0.15, -0.1) is 0 Å². The van der Waals surface area contributed by atoms with Gasteiger partial charge in [-0.2, -0.15) is 4.72 Å². The Labute approximate surface area is 210 Å². The second-order valence-corrected chi connectivity index (χ2v) is 13.0. The number of Topliss-reactive ketones (excluding diaryl/α,β-unsaturated/α-hetero) is 1. The van der Waals surface area contributed by atoms with Crippen molar-refractivity contribution < 1.29 is 26.8 Å². The molecule has 7 nitrogen and oxygen atoms in total. The van der Waals surface area contributed by atoms with Gasteiger partial charge >= 0.3 is 7.60 Å². The Bertz CT molecular complexity index is 1200. The Kier molecular flexibility index (Phi) is 8.54. The van der Waals surface area contributed by atoms with Crippen molar-refractivity contribution >= 4 is 55.3 Å². The molecule has 0 radical (unpaired) electrons. The minimum atomic E-state index is -4.24. The van der Waals surface area contributed by atoms with Crippen molar-refractivity contribution in [3.05, 3.63) is 74.7 Å². The number of ketones is 1. The van der Waals surface area contributed by atoms with Gasteiger partial charge in [-0.3, -0.25) is 9.36 Å². The van der Waals surface area contributed by atoms with Gasteiger partial charge in [-0.25, -0.2) is 8.42 Å². The van der Waals surface area contributed by atoms with Crippen LogP contribution in [-0.2, 0) is 28.9 Å². The molecule has 0 aromatic heterocycles. The first-order valence-electron chi connectivity index (χ1n) is 10.3. The van der Waals surface area contributed by atoms with Crippen LogP contribution in [0.4, 0.5) is 0 Å². The number of halogens is 2. The fourth-order valence-electron chi connectivity index (χ4n) is 3.38. The van der Waals surface area contributed by atoms with Crippen molar-refractivity contribution in [2.45, 2.75) is 36.9 Å². The molecule has 178 valence electrons. The summed E-state index contributed by atoms with van der Waals surface area (Å²) in [5.74, 6) is -0.360. The molecule has 0 amide bonds. The molecule has 33 heavy (non-hydrogen) atoms. The van der Waals surface area contributed by atoms with Crippen LogP contribution in [0, 0.1) is 0 Å². The maximum atomic E-state index is 14.4. The van der Waals surface area contributed by atoms with E-state index in [0.29, 0.717) is 17.3 Å². The molecule has 0 saturated carbocycles. The van der Waals surface area contributed by atoms with Crippen LogP contribution in [0.25, 0.3) is 0 Å². The lowest BCUT2D eigenvalue weighted by molar-refractivity contribution is 0.103. The number of benzene rings is 2. The molecule has 2 aromatic carbocycles. The first-order chi connectivity index (χ1) is 15.6. The van der Waals surface area contributed by atoms with Crippen LogP contribution in [0.15, 0.2) is 68.5 Å². The van der Waals surface area contributed by atoms with Gasteiger partial charge in [0.25, 0.3) is 0 Å². The van der Waals surface area contributed by atoms with E-state index in [2.05, 4.69) is 36.6 Å². The number of hydrogen-bond acceptors (Lipinski definition) is 6. The van der Waals surface area contributed by atoms with E-state index in [1.807, 2.05) is 13.8 Å². The average Bonchev–Trinajstić information content (AvgIpc) is 2.79. The molecule has 0 bridgehead atoms. The molecule has 0 fully saturated rings. The van der Waals surface area contributed by atoms with Gasteiger partial charge < -0.3 is 9.05 Å².